The Morgan fingerprint density at radius 3 is 2.53 bits per heavy atom. The predicted octanol–water partition coefficient (Wildman–Crippen LogP) is 1.38. The van der Waals surface area contributed by atoms with Gasteiger partial charge in [0.25, 0.3) is 0 Å². The standard InChI is InChI=1S/C12H19NO3S/c1-16-12-9-11(17(2,14)15)7-6-10(12)5-3-4-8-13/h6-7,9H,3-5,8,13H2,1-2H3. The summed E-state index contributed by atoms with van der Waals surface area (Å²) >= 11 is 0. The topological polar surface area (TPSA) is 69.4 Å². The zero-order valence-electron chi connectivity index (χ0n) is 10.3. The zero-order valence-corrected chi connectivity index (χ0v) is 11.1. The summed E-state index contributed by atoms with van der Waals surface area (Å²) in [6, 6.07) is 5.01. The van der Waals surface area contributed by atoms with Gasteiger partial charge >= 0.3 is 0 Å². The number of ether oxygens (including phenoxy) is 1. The third-order valence-corrected chi connectivity index (χ3v) is 3.70. The molecule has 0 radical (unpaired) electrons. The summed E-state index contributed by atoms with van der Waals surface area (Å²) in [5.41, 5.74) is 6.46. The second-order valence-corrected chi connectivity index (χ2v) is 6.01. The van der Waals surface area contributed by atoms with Crippen LogP contribution in [-0.4, -0.2) is 28.3 Å². The van der Waals surface area contributed by atoms with Crippen molar-refractivity contribution >= 4 is 9.84 Å². The molecule has 0 aliphatic heterocycles. The number of sulfone groups is 1. The molecule has 1 aromatic rings. The van der Waals surface area contributed by atoms with Crippen LogP contribution in [0.25, 0.3) is 0 Å². The van der Waals surface area contributed by atoms with Crippen LogP contribution in [0.1, 0.15) is 18.4 Å². The minimum absolute atomic E-state index is 0.289. The molecule has 0 saturated carbocycles. The molecule has 5 heteroatoms. The van der Waals surface area contributed by atoms with Crippen molar-refractivity contribution in [3.05, 3.63) is 23.8 Å². The van der Waals surface area contributed by atoms with Crippen molar-refractivity contribution in [3.8, 4) is 5.75 Å². The van der Waals surface area contributed by atoms with Crippen molar-refractivity contribution in [3.63, 3.8) is 0 Å². The Morgan fingerprint density at radius 1 is 1.29 bits per heavy atom. The molecular formula is C12H19NO3S. The van der Waals surface area contributed by atoms with E-state index >= 15 is 0 Å². The molecule has 17 heavy (non-hydrogen) atoms. The van der Waals surface area contributed by atoms with Crippen LogP contribution < -0.4 is 10.5 Å². The molecule has 0 aromatic heterocycles. The molecule has 1 rings (SSSR count). The first-order valence-electron chi connectivity index (χ1n) is 5.56. The first-order chi connectivity index (χ1) is 7.99. The van der Waals surface area contributed by atoms with Gasteiger partial charge in [-0.05, 0) is 43.5 Å². The highest BCUT2D eigenvalue weighted by Crippen LogP contribution is 2.24. The van der Waals surface area contributed by atoms with Crippen LogP contribution in [0.3, 0.4) is 0 Å². The van der Waals surface area contributed by atoms with Gasteiger partial charge in [-0.1, -0.05) is 6.07 Å². The van der Waals surface area contributed by atoms with Crippen LogP contribution in [0.2, 0.25) is 0 Å². The van der Waals surface area contributed by atoms with Gasteiger partial charge in [0.1, 0.15) is 5.75 Å². The number of aryl methyl sites for hydroxylation is 1. The molecule has 0 fully saturated rings. The van der Waals surface area contributed by atoms with E-state index in [4.69, 9.17) is 10.5 Å². The summed E-state index contributed by atoms with van der Waals surface area (Å²) in [4.78, 5) is 0.289. The minimum atomic E-state index is -3.18. The first kappa shape index (κ1) is 14.0. The summed E-state index contributed by atoms with van der Waals surface area (Å²) < 4.78 is 28.0. The van der Waals surface area contributed by atoms with E-state index in [1.54, 1.807) is 19.2 Å². The lowest BCUT2D eigenvalue weighted by atomic mass is 10.1. The van der Waals surface area contributed by atoms with Crippen molar-refractivity contribution in [1.82, 2.24) is 0 Å². The first-order valence-corrected chi connectivity index (χ1v) is 7.45. The van der Waals surface area contributed by atoms with Gasteiger partial charge < -0.3 is 10.5 Å². The Morgan fingerprint density at radius 2 is 2.00 bits per heavy atom. The van der Waals surface area contributed by atoms with Gasteiger partial charge in [0.15, 0.2) is 9.84 Å². The highest BCUT2D eigenvalue weighted by atomic mass is 32.2. The minimum Gasteiger partial charge on any atom is -0.496 e. The van der Waals surface area contributed by atoms with E-state index in [9.17, 15) is 8.42 Å². The highest BCUT2D eigenvalue weighted by molar-refractivity contribution is 7.90. The fourth-order valence-electron chi connectivity index (χ4n) is 1.62. The summed E-state index contributed by atoms with van der Waals surface area (Å²) in [5, 5.41) is 0. The maximum atomic E-state index is 11.4. The fraction of sp³-hybridized carbons (Fsp3) is 0.500. The number of unbranched alkanes of at least 4 members (excludes halogenated alkanes) is 1. The Kier molecular flexibility index (Phi) is 4.96. The molecule has 0 aliphatic rings. The molecule has 0 saturated heterocycles. The second kappa shape index (κ2) is 6.02. The Labute approximate surface area is 103 Å². The maximum absolute atomic E-state index is 11.4. The Balaban J connectivity index is 2.94. The predicted molar refractivity (Wildman–Crippen MR) is 68.1 cm³/mol. The smallest absolute Gasteiger partial charge is 0.175 e. The SMILES string of the molecule is COc1cc(S(C)(=O)=O)ccc1CCCCN. The third-order valence-electron chi connectivity index (χ3n) is 2.59. The van der Waals surface area contributed by atoms with Gasteiger partial charge in [-0.25, -0.2) is 8.42 Å². The van der Waals surface area contributed by atoms with E-state index in [1.165, 1.54) is 6.26 Å². The lowest BCUT2D eigenvalue weighted by Crippen LogP contribution is -2.02. The molecule has 0 amide bonds. The quantitative estimate of drug-likeness (QED) is 0.782. The van der Waals surface area contributed by atoms with Gasteiger partial charge in [-0.2, -0.15) is 0 Å². The lowest BCUT2D eigenvalue weighted by Gasteiger charge is -2.09. The fourth-order valence-corrected chi connectivity index (χ4v) is 2.26. The normalized spacial score (nSPS) is 11.5. The van der Waals surface area contributed by atoms with Crippen molar-refractivity contribution in [1.29, 1.82) is 0 Å². The second-order valence-electron chi connectivity index (χ2n) is 3.99. The van der Waals surface area contributed by atoms with E-state index < -0.39 is 9.84 Å². The van der Waals surface area contributed by atoms with E-state index in [0.29, 0.717) is 12.3 Å². The lowest BCUT2D eigenvalue weighted by molar-refractivity contribution is 0.407. The number of nitrogens with two attached hydrogens (primary N) is 1. The van der Waals surface area contributed by atoms with Crippen molar-refractivity contribution in [2.24, 2.45) is 5.73 Å². The zero-order chi connectivity index (χ0) is 12.9. The monoisotopic (exact) mass is 257 g/mol. The average molecular weight is 257 g/mol. The largest absolute Gasteiger partial charge is 0.496 e. The average Bonchev–Trinajstić information content (AvgIpc) is 2.28. The molecule has 0 unspecified atom stereocenters. The molecular weight excluding hydrogens is 238 g/mol. The van der Waals surface area contributed by atoms with Crippen molar-refractivity contribution < 1.29 is 13.2 Å². The number of benzene rings is 1. The molecule has 0 spiro atoms. The molecule has 0 bridgehead atoms. The maximum Gasteiger partial charge on any atom is 0.175 e. The van der Waals surface area contributed by atoms with Gasteiger partial charge in [0.05, 0.1) is 12.0 Å². The molecule has 0 aliphatic carbocycles. The Hall–Kier alpha value is -1.07. The number of methoxy groups -OCH3 is 1. The van der Waals surface area contributed by atoms with Crippen LogP contribution in [-0.2, 0) is 16.3 Å². The molecule has 2 N–H and O–H groups in total. The van der Waals surface area contributed by atoms with Crippen LogP contribution in [0.5, 0.6) is 5.75 Å². The van der Waals surface area contributed by atoms with E-state index in [2.05, 4.69) is 0 Å². The van der Waals surface area contributed by atoms with Crippen LogP contribution >= 0.6 is 0 Å². The molecule has 96 valence electrons. The summed E-state index contributed by atoms with van der Waals surface area (Å²) in [7, 11) is -1.63. The number of rotatable bonds is 6. The van der Waals surface area contributed by atoms with Crippen LogP contribution in [0, 0.1) is 0 Å². The molecule has 1 aromatic carbocycles. The van der Waals surface area contributed by atoms with Gasteiger partial charge in [-0.15, -0.1) is 0 Å². The van der Waals surface area contributed by atoms with E-state index in [-0.39, 0.29) is 4.90 Å². The third kappa shape index (κ3) is 4.02. The Bertz CT molecular complexity index is 469. The highest BCUT2D eigenvalue weighted by Gasteiger charge is 2.11. The molecule has 0 atom stereocenters. The summed E-state index contributed by atoms with van der Waals surface area (Å²) in [6.07, 6.45) is 3.97. The van der Waals surface area contributed by atoms with Crippen molar-refractivity contribution in [2.75, 3.05) is 19.9 Å². The van der Waals surface area contributed by atoms with Crippen LogP contribution in [0.4, 0.5) is 0 Å². The number of hydrogen-bond acceptors (Lipinski definition) is 4. The van der Waals surface area contributed by atoms with Gasteiger partial charge in [0, 0.05) is 6.26 Å². The summed E-state index contributed by atoms with van der Waals surface area (Å²) in [5.74, 6) is 0.630. The van der Waals surface area contributed by atoms with E-state index in [1.807, 2.05) is 6.07 Å². The van der Waals surface area contributed by atoms with Crippen LogP contribution in [0.15, 0.2) is 23.1 Å². The van der Waals surface area contributed by atoms with E-state index in [0.717, 1.165) is 24.8 Å². The van der Waals surface area contributed by atoms with Gasteiger partial charge in [0.2, 0.25) is 0 Å². The molecule has 4 nitrogen and oxygen atoms in total. The number of hydrogen-bond donors (Lipinski definition) is 1. The van der Waals surface area contributed by atoms with Crippen molar-refractivity contribution in [2.45, 2.75) is 24.2 Å². The van der Waals surface area contributed by atoms with Gasteiger partial charge in [-0.3, -0.25) is 0 Å². The molecule has 0 heterocycles. The summed E-state index contributed by atoms with van der Waals surface area (Å²) in [6.45, 7) is 0.670.